The molecule has 4 heteroatoms. The monoisotopic (exact) mass is 269 g/mol. The van der Waals surface area contributed by atoms with Crippen molar-refractivity contribution in [2.75, 3.05) is 6.61 Å². The van der Waals surface area contributed by atoms with Crippen molar-refractivity contribution in [3.63, 3.8) is 0 Å². The van der Waals surface area contributed by atoms with E-state index >= 15 is 0 Å². The fourth-order valence-electron chi connectivity index (χ4n) is 2.28. The first-order valence-corrected chi connectivity index (χ1v) is 5.91. The minimum Gasteiger partial charge on any atom is -0.449 e. The quantitative estimate of drug-likeness (QED) is 0.847. The molecule has 1 aromatic rings. The maximum Gasteiger partial charge on any atom is 0.407 e. The van der Waals surface area contributed by atoms with Crippen LogP contribution < -0.4 is 5.32 Å². The molecular weight excluding hydrogens is 250 g/mol. The van der Waals surface area contributed by atoms with Crippen LogP contribution in [0, 0.1) is 19.3 Å². The second-order valence-electron chi connectivity index (χ2n) is 5.43. The summed E-state index contributed by atoms with van der Waals surface area (Å²) in [6.07, 6.45) is -0.324. The van der Waals surface area contributed by atoms with Crippen molar-refractivity contribution >= 4 is 18.5 Å². The molecule has 1 aromatic carbocycles. The number of hydrogen-bond donors (Lipinski definition) is 1. The van der Waals surface area contributed by atoms with Crippen LogP contribution >= 0.6 is 12.4 Å². The number of carbonyl (C=O) groups excluding carboxylic acids is 1. The number of halogens is 1. The molecule has 1 heterocycles. The van der Waals surface area contributed by atoms with E-state index in [0.29, 0.717) is 6.61 Å². The summed E-state index contributed by atoms with van der Waals surface area (Å²) in [4.78, 5) is 11.4. The number of ether oxygens (including phenoxy) is 1. The lowest BCUT2D eigenvalue weighted by Gasteiger charge is -2.39. The molecule has 3 nitrogen and oxygen atoms in total. The molecule has 18 heavy (non-hydrogen) atoms. The Morgan fingerprint density at radius 2 is 2.00 bits per heavy atom. The van der Waals surface area contributed by atoms with Gasteiger partial charge in [-0.1, -0.05) is 32.0 Å². The Bertz CT molecular complexity index is 457. The molecule has 0 spiro atoms. The zero-order valence-corrected chi connectivity index (χ0v) is 12.1. The van der Waals surface area contributed by atoms with Gasteiger partial charge in [0, 0.05) is 5.41 Å². The van der Waals surface area contributed by atoms with Crippen LogP contribution in [0.25, 0.3) is 0 Å². The molecule has 0 bridgehead atoms. The highest BCUT2D eigenvalue weighted by atomic mass is 35.5. The van der Waals surface area contributed by atoms with Crippen molar-refractivity contribution in [1.29, 1.82) is 0 Å². The van der Waals surface area contributed by atoms with Gasteiger partial charge < -0.3 is 10.1 Å². The van der Waals surface area contributed by atoms with Crippen molar-refractivity contribution in [3.8, 4) is 0 Å². The molecule has 1 fully saturated rings. The van der Waals surface area contributed by atoms with Gasteiger partial charge in [-0.25, -0.2) is 4.79 Å². The Kier molecular flexibility index (Phi) is 4.28. The summed E-state index contributed by atoms with van der Waals surface area (Å²) in [5, 5.41) is 2.93. The maximum atomic E-state index is 11.4. The summed E-state index contributed by atoms with van der Waals surface area (Å²) in [7, 11) is 0. The standard InChI is InChI=1S/C14H19NO2.ClH/c1-9-6-5-7-11(10(9)2)12-14(3,4)8-17-13(16)15-12;/h5-7,12H,8H2,1-4H3,(H,15,16);1H/t12-;/m1./s1. The van der Waals surface area contributed by atoms with Gasteiger partial charge in [-0.3, -0.25) is 0 Å². The zero-order chi connectivity index (χ0) is 12.6. The largest absolute Gasteiger partial charge is 0.449 e. The normalized spacial score (nSPS) is 21.6. The molecule has 1 atom stereocenters. The summed E-state index contributed by atoms with van der Waals surface area (Å²) < 4.78 is 5.06. The van der Waals surface area contributed by atoms with Crippen molar-refractivity contribution < 1.29 is 9.53 Å². The predicted octanol–water partition coefficient (Wildman–Crippen LogP) is 3.53. The van der Waals surface area contributed by atoms with Gasteiger partial charge in [0.05, 0.1) is 6.04 Å². The van der Waals surface area contributed by atoms with E-state index in [9.17, 15) is 4.79 Å². The number of hydrogen-bond acceptors (Lipinski definition) is 2. The molecule has 1 amide bonds. The lowest BCUT2D eigenvalue weighted by atomic mass is 9.78. The first kappa shape index (κ1) is 14.8. The third kappa shape index (κ3) is 2.61. The van der Waals surface area contributed by atoms with E-state index in [2.05, 4.69) is 45.1 Å². The van der Waals surface area contributed by atoms with Crippen molar-refractivity contribution in [3.05, 3.63) is 34.9 Å². The average molecular weight is 270 g/mol. The average Bonchev–Trinajstić information content (AvgIpc) is 2.26. The molecule has 0 aromatic heterocycles. The number of cyclic esters (lactones) is 1. The summed E-state index contributed by atoms with van der Waals surface area (Å²) in [6.45, 7) is 8.87. The van der Waals surface area contributed by atoms with Crippen molar-refractivity contribution in [2.45, 2.75) is 33.7 Å². The van der Waals surface area contributed by atoms with E-state index in [0.717, 1.165) is 0 Å². The van der Waals surface area contributed by atoms with Crippen LogP contribution in [0.3, 0.4) is 0 Å². The second kappa shape index (κ2) is 5.19. The molecule has 0 unspecified atom stereocenters. The van der Waals surface area contributed by atoms with E-state index in [4.69, 9.17) is 4.74 Å². The third-order valence-electron chi connectivity index (χ3n) is 3.58. The van der Waals surface area contributed by atoms with Crippen LogP contribution in [-0.4, -0.2) is 12.7 Å². The van der Waals surface area contributed by atoms with Crippen molar-refractivity contribution in [1.82, 2.24) is 5.32 Å². The predicted molar refractivity (Wildman–Crippen MR) is 74.2 cm³/mol. The van der Waals surface area contributed by atoms with Gasteiger partial charge in [-0.05, 0) is 30.5 Å². The third-order valence-corrected chi connectivity index (χ3v) is 3.58. The molecule has 1 N–H and O–H groups in total. The minimum atomic E-state index is -0.324. The van der Waals surface area contributed by atoms with E-state index in [1.54, 1.807) is 0 Å². The smallest absolute Gasteiger partial charge is 0.407 e. The van der Waals surface area contributed by atoms with Gasteiger partial charge in [-0.15, -0.1) is 12.4 Å². The first-order chi connectivity index (χ1) is 7.92. The van der Waals surface area contributed by atoms with Gasteiger partial charge >= 0.3 is 6.09 Å². The number of rotatable bonds is 1. The highest BCUT2D eigenvalue weighted by Gasteiger charge is 2.38. The van der Waals surface area contributed by atoms with Crippen molar-refractivity contribution in [2.24, 2.45) is 5.41 Å². The molecule has 2 rings (SSSR count). The van der Waals surface area contributed by atoms with Gasteiger partial charge in [0.2, 0.25) is 0 Å². The molecule has 0 radical (unpaired) electrons. The second-order valence-corrected chi connectivity index (χ2v) is 5.43. The number of aryl methyl sites for hydroxylation is 1. The van der Waals surface area contributed by atoms with Crippen LogP contribution in [0.15, 0.2) is 18.2 Å². The molecule has 0 aliphatic carbocycles. The van der Waals surface area contributed by atoms with E-state index < -0.39 is 0 Å². The number of amides is 1. The van der Waals surface area contributed by atoms with Gasteiger partial charge in [0.1, 0.15) is 6.61 Å². The van der Waals surface area contributed by atoms with Gasteiger partial charge in [0.15, 0.2) is 0 Å². The van der Waals surface area contributed by atoms with Crippen LogP contribution in [0.1, 0.15) is 36.6 Å². The number of nitrogens with one attached hydrogen (secondary N) is 1. The summed E-state index contributed by atoms with van der Waals surface area (Å²) in [6, 6.07) is 6.23. The van der Waals surface area contributed by atoms with Crippen LogP contribution in [0.5, 0.6) is 0 Å². The fourth-order valence-corrected chi connectivity index (χ4v) is 2.28. The van der Waals surface area contributed by atoms with E-state index in [1.807, 2.05) is 6.07 Å². The molecular formula is C14H20ClNO2. The number of carbonyl (C=O) groups is 1. The van der Waals surface area contributed by atoms with Gasteiger partial charge in [-0.2, -0.15) is 0 Å². The Labute approximate surface area is 114 Å². The summed E-state index contributed by atoms with van der Waals surface area (Å²) in [5.41, 5.74) is 3.59. The fraction of sp³-hybridized carbons (Fsp3) is 0.500. The lowest BCUT2D eigenvalue weighted by molar-refractivity contribution is 0.0385. The molecule has 100 valence electrons. The number of alkyl carbamates (subject to hydrolysis) is 1. The van der Waals surface area contributed by atoms with Crippen LogP contribution in [0.2, 0.25) is 0 Å². The van der Waals surface area contributed by atoms with E-state index in [-0.39, 0.29) is 30.0 Å². The molecule has 1 aliphatic heterocycles. The lowest BCUT2D eigenvalue weighted by Crippen LogP contribution is -2.47. The Hall–Kier alpha value is -1.22. The first-order valence-electron chi connectivity index (χ1n) is 5.91. The van der Waals surface area contributed by atoms with E-state index in [1.165, 1.54) is 16.7 Å². The highest BCUT2D eigenvalue weighted by Crippen LogP contribution is 2.38. The Morgan fingerprint density at radius 1 is 1.33 bits per heavy atom. The summed E-state index contributed by atoms with van der Waals surface area (Å²) >= 11 is 0. The molecule has 1 saturated heterocycles. The number of benzene rings is 1. The Balaban J connectivity index is 0.00000162. The molecule has 1 aliphatic rings. The summed E-state index contributed by atoms with van der Waals surface area (Å²) in [5.74, 6) is 0. The molecule has 0 saturated carbocycles. The van der Waals surface area contributed by atoms with Crippen LogP contribution in [-0.2, 0) is 4.74 Å². The SMILES string of the molecule is Cc1cccc([C@H]2NC(=O)OCC2(C)C)c1C.Cl. The van der Waals surface area contributed by atoms with Gasteiger partial charge in [0.25, 0.3) is 0 Å². The maximum absolute atomic E-state index is 11.4. The highest BCUT2D eigenvalue weighted by molar-refractivity contribution is 5.85. The zero-order valence-electron chi connectivity index (χ0n) is 11.2. The topological polar surface area (TPSA) is 38.3 Å². The van der Waals surface area contributed by atoms with Crippen LogP contribution in [0.4, 0.5) is 4.79 Å². The Morgan fingerprint density at radius 3 is 2.67 bits per heavy atom. The minimum absolute atomic E-state index is 0.